The van der Waals surface area contributed by atoms with E-state index >= 15 is 0 Å². The molecule has 7 heteroatoms. The number of hydrogen-bond donors (Lipinski definition) is 0. The van der Waals surface area contributed by atoms with E-state index in [1.807, 2.05) is 30.3 Å². The summed E-state index contributed by atoms with van der Waals surface area (Å²) >= 11 is 0. The molecule has 2 atom stereocenters. The fourth-order valence-corrected chi connectivity index (χ4v) is 3.18. The van der Waals surface area contributed by atoms with E-state index < -0.39 is 6.10 Å². The summed E-state index contributed by atoms with van der Waals surface area (Å²) in [7, 11) is 3.19. The van der Waals surface area contributed by atoms with Gasteiger partial charge in [0.25, 0.3) is 5.91 Å². The van der Waals surface area contributed by atoms with Gasteiger partial charge in [-0.3, -0.25) is 4.79 Å². The van der Waals surface area contributed by atoms with Gasteiger partial charge in [0.2, 0.25) is 0 Å². The van der Waals surface area contributed by atoms with Crippen molar-refractivity contribution in [3.05, 3.63) is 47.5 Å². The van der Waals surface area contributed by atoms with Crippen LogP contribution in [0.3, 0.4) is 0 Å². The molecule has 0 radical (unpaired) electrons. The lowest BCUT2D eigenvalue weighted by Gasteiger charge is -2.34. The molecule has 0 N–H and O–H groups in total. The molecule has 1 aliphatic heterocycles. The number of aromatic nitrogens is 3. The van der Waals surface area contributed by atoms with Gasteiger partial charge in [-0.15, -0.1) is 10.2 Å². The van der Waals surface area contributed by atoms with E-state index in [1.165, 1.54) is 0 Å². The van der Waals surface area contributed by atoms with Gasteiger partial charge < -0.3 is 18.9 Å². The van der Waals surface area contributed by atoms with Crippen LogP contribution in [0.25, 0.3) is 0 Å². The highest BCUT2D eigenvalue weighted by molar-refractivity contribution is 5.82. The fourth-order valence-electron chi connectivity index (χ4n) is 3.18. The van der Waals surface area contributed by atoms with Crippen molar-refractivity contribution in [1.82, 2.24) is 19.7 Å². The van der Waals surface area contributed by atoms with Crippen LogP contribution in [0.2, 0.25) is 0 Å². The van der Waals surface area contributed by atoms with Gasteiger partial charge in [0.05, 0.1) is 12.6 Å². The summed E-state index contributed by atoms with van der Waals surface area (Å²) < 4.78 is 12.7. The summed E-state index contributed by atoms with van der Waals surface area (Å²) in [6.45, 7) is 3.48. The number of rotatable bonds is 5. The monoisotopic (exact) mass is 330 g/mol. The highest BCUT2D eigenvalue weighted by Crippen LogP contribution is 2.26. The summed E-state index contributed by atoms with van der Waals surface area (Å²) in [5.41, 5.74) is 0.852. The number of carbonyl (C=O) groups is 1. The summed E-state index contributed by atoms with van der Waals surface area (Å²) in [5, 5.41) is 8.39. The Balaban J connectivity index is 1.81. The smallest absolute Gasteiger partial charge is 0.256 e. The van der Waals surface area contributed by atoms with Gasteiger partial charge in [-0.05, 0) is 12.5 Å². The Kier molecular flexibility index (Phi) is 4.92. The third-order valence-electron chi connectivity index (χ3n) is 4.24. The first kappa shape index (κ1) is 16.6. The van der Waals surface area contributed by atoms with Gasteiger partial charge in [0.15, 0.2) is 17.8 Å². The van der Waals surface area contributed by atoms with E-state index in [-0.39, 0.29) is 11.9 Å². The first-order valence-corrected chi connectivity index (χ1v) is 7.93. The van der Waals surface area contributed by atoms with Crippen molar-refractivity contribution in [2.45, 2.75) is 32.2 Å². The summed E-state index contributed by atoms with van der Waals surface area (Å²) in [6.07, 6.45) is -0.605. The van der Waals surface area contributed by atoms with Crippen molar-refractivity contribution in [3.8, 4) is 0 Å². The molecule has 0 unspecified atom stereocenters. The van der Waals surface area contributed by atoms with Crippen LogP contribution in [0.4, 0.5) is 0 Å². The molecule has 24 heavy (non-hydrogen) atoms. The highest BCUT2D eigenvalue weighted by atomic mass is 16.5. The predicted molar refractivity (Wildman–Crippen MR) is 87.1 cm³/mol. The molecule has 1 amide bonds. The minimum Gasteiger partial charge on any atom is -0.377 e. The Bertz CT molecular complexity index is 701. The van der Waals surface area contributed by atoms with Crippen molar-refractivity contribution in [2.24, 2.45) is 0 Å². The van der Waals surface area contributed by atoms with Crippen molar-refractivity contribution in [1.29, 1.82) is 0 Å². The number of nitrogens with zero attached hydrogens (tertiary/aromatic N) is 4. The minimum absolute atomic E-state index is 0.0573. The Morgan fingerprint density at radius 3 is 2.71 bits per heavy atom. The number of amides is 1. The van der Waals surface area contributed by atoms with Crippen LogP contribution >= 0.6 is 0 Å². The Morgan fingerprint density at radius 1 is 1.29 bits per heavy atom. The number of ether oxygens (including phenoxy) is 2. The zero-order chi connectivity index (χ0) is 17.1. The molecule has 3 rings (SSSR count). The molecule has 0 aliphatic carbocycles. The molecule has 0 saturated carbocycles. The number of hydrogen-bond acceptors (Lipinski definition) is 5. The molecular formula is C17H22N4O3. The lowest BCUT2D eigenvalue weighted by molar-refractivity contribution is -0.144. The van der Waals surface area contributed by atoms with Crippen LogP contribution in [-0.2, 0) is 27.4 Å². The Hall–Kier alpha value is -2.25. The molecule has 1 aliphatic rings. The molecular weight excluding hydrogens is 308 g/mol. The van der Waals surface area contributed by atoms with Crippen molar-refractivity contribution in [2.75, 3.05) is 20.8 Å². The number of methoxy groups -OCH3 is 2. The van der Waals surface area contributed by atoms with E-state index in [0.717, 1.165) is 17.2 Å². The van der Waals surface area contributed by atoms with Crippen molar-refractivity contribution >= 4 is 5.91 Å². The van der Waals surface area contributed by atoms with Crippen LogP contribution in [0.15, 0.2) is 30.3 Å². The van der Waals surface area contributed by atoms with Gasteiger partial charge in [-0.2, -0.15) is 0 Å². The minimum atomic E-state index is -0.605. The van der Waals surface area contributed by atoms with Crippen molar-refractivity contribution in [3.63, 3.8) is 0 Å². The average molecular weight is 330 g/mol. The zero-order valence-electron chi connectivity index (χ0n) is 14.2. The SMILES string of the molecule is COCc1nnc2n1[C@@H](C)CN(C(=O)[C@H](OC)c1ccccc1)C2. The fraction of sp³-hybridized carbons (Fsp3) is 0.471. The largest absolute Gasteiger partial charge is 0.377 e. The topological polar surface area (TPSA) is 69.5 Å². The molecule has 1 aromatic heterocycles. The maximum atomic E-state index is 12.9. The van der Waals surface area contributed by atoms with E-state index in [4.69, 9.17) is 9.47 Å². The molecule has 1 aromatic carbocycles. The van der Waals surface area contributed by atoms with E-state index in [0.29, 0.717) is 19.7 Å². The van der Waals surface area contributed by atoms with E-state index in [2.05, 4.69) is 21.7 Å². The standard InChI is InChI=1S/C17H22N4O3/c1-12-9-20(10-14-18-19-15(11-23-2)21(12)14)17(22)16(24-3)13-7-5-4-6-8-13/h4-8,12,16H,9-11H2,1-3H3/t12-,16+/m0/s1. The van der Waals surface area contributed by atoms with E-state index in [9.17, 15) is 4.79 Å². The maximum absolute atomic E-state index is 12.9. The van der Waals surface area contributed by atoms with Crippen molar-refractivity contribution < 1.29 is 14.3 Å². The average Bonchev–Trinajstić information content (AvgIpc) is 3.00. The molecule has 7 nitrogen and oxygen atoms in total. The Labute approximate surface area is 141 Å². The number of benzene rings is 1. The highest BCUT2D eigenvalue weighted by Gasteiger charge is 2.33. The molecule has 128 valence electrons. The van der Waals surface area contributed by atoms with Gasteiger partial charge in [0, 0.05) is 20.8 Å². The van der Waals surface area contributed by atoms with E-state index in [1.54, 1.807) is 19.1 Å². The quantitative estimate of drug-likeness (QED) is 0.835. The maximum Gasteiger partial charge on any atom is 0.256 e. The third-order valence-corrected chi connectivity index (χ3v) is 4.24. The second kappa shape index (κ2) is 7.11. The van der Waals surface area contributed by atoms with Crippen LogP contribution in [-0.4, -0.2) is 46.3 Å². The number of fused-ring (bicyclic) bond motifs is 1. The number of carbonyl (C=O) groups excluding carboxylic acids is 1. The van der Waals surface area contributed by atoms with Crippen LogP contribution in [0.1, 0.15) is 36.3 Å². The van der Waals surface area contributed by atoms with Gasteiger partial charge in [-0.1, -0.05) is 30.3 Å². The molecule has 0 spiro atoms. The molecule has 0 fully saturated rings. The van der Waals surface area contributed by atoms with Gasteiger partial charge in [0.1, 0.15) is 6.61 Å². The normalized spacial score (nSPS) is 18.3. The molecule has 2 heterocycles. The second-order valence-electron chi connectivity index (χ2n) is 5.93. The molecule has 0 bridgehead atoms. The summed E-state index contributed by atoms with van der Waals surface area (Å²) in [6, 6.07) is 9.62. The molecule has 0 saturated heterocycles. The third kappa shape index (κ3) is 3.05. The second-order valence-corrected chi connectivity index (χ2v) is 5.93. The summed E-state index contributed by atoms with van der Waals surface area (Å²) in [4.78, 5) is 14.7. The van der Waals surface area contributed by atoms with Gasteiger partial charge >= 0.3 is 0 Å². The lowest BCUT2D eigenvalue weighted by Crippen LogP contribution is -2.43. The van der Waals surface area contributed by atoms with Crippen LogP contribution in [0.5, 0.6) is 0 Å². The lowest BCUT2D eigenvalue weighted by atomic mass is 10.1. The van der Waals surface area contributed by atoms with Gasteiger partial charge in [-0.25, -0.2) is 0 Å². The predicted octanol–water partition coefficient (Wildman–Crippen LogP) is 1.72. The Morgan fingerprint density at radius 2 is 2.04 bits per heavy atom. The zero-order valence-corrected chi connectivity index (χ0v) is 14.2. The van der Waals surface area contributed by atoms with Crippen LogP contribution < -0.4 is 0 Å². The first-order valence-electron chi connectivity index (χ1n) is 7.93. The van der Waals surface area contributed by atoms with Crippen LogP contribution in [0, 0.1) is 0 Å². The molecule has 2 aromatic rings. The summed E-state index contributed by atoms with van der Waals surface area (Å²) in [5.74, 6) is 1.51. The first-order chi connectivity index (χ1) is 11.7.